The van der Waals surface area contributed by atoms with Gasteiger partial charge in [-0.25, -0.2) is 0 Å². The second-order valence-electron chi connectivity index (χ2n) is 5.04. The van der Waals surface area contributed by atoms with Crippen LogP contribution in [0.1, 0.15) is 25.3 Å². The highest BCUT2D eigenvalue weighted by molar-refractivity contribution is 5.80. The average Bonchev–Trinajstić information content (AvgIpc) is 2.80. The topological polar surface area (TPSA) is 34.4 Å². The second-order valence-corrected chi connectivity index (χ2v) is 5.04. The van der Waals surface area contributed by atoms with Crippen molar-refractivity contribution in [1.82, 2.24) is 5.32 Å². The quantitative estimate of drug-likeness (QED) is 0.902. The minimum Gasteiger partial charge on any atom is -0.464 e. The van der Waals surface area contributed by atoms with E-state index in [1.54, 1.807) is 0 Å². The summed E-state index contributed by atoms with van der Waals surface area (Å²) in [4.78, 5) is 0. The van der Waals surface area contributed by atoms with Gasteiger partial charge in [-0.1, -0.05) is 18.2 Å². The first-order valence-corrected chi connectivity index (χ1v) is 6.63. The molecule has 0 bridgehead atoms. The van der Waals surface area contributed by atoms with Crippen molar-refractivity contribution in [2.24, 2.45) is 0 Å². The molecule has 1 aromatic carbocycles. The molecule has 2 aromatic rings. The number of benzene rings is 1. The number of hydrogen-bond acceptors (Lipinski definition) is 3. The summed E-state index contributed by atoms with van der Waals surface area (Å²) in [5.74, 6) is 0. The molecule has 1 aromatic heterocycles. The zero-order valence-corrected chi connectivity index (χ0v) is 10.7. The fourth-order valence-corrected chi connectivity index (χ4v) is 2.61. The number of para-hydroxylation sites is 1. The van der Waals surface area contributed by atoms with Crippen molar-refractivity contribution in [2.75, 3.05) is 6.61 Å². The van der Waals surface area contributed by atoms with Gasteiger partial charge in [0.15, 0.2) is 0 Å². The number of furan rings is 1. The lowest BCUT2D eigenvalue weighted by Gasteiger charge is -2.27. The summed E-state index contributed by atoms with van der Waals surface area (Å²) in [5.41, 5.74) is 2.21. The van der Waals surface area contributed by atoms with E-state index >= 15 is 0 Å². The Balaban J connectivity index is 1.66. The maximum absolute atomic E-state index is 5.56. The first-order chi connectivity index (χ1) is 8.83. The molecule has 3 rings (SSSR count). The largest absolute Gasteiger partial charge is 0.464 e. The maximum atomic E-state index is 5.56. The lowest BCUT2D eigenvalue weighted by Crippen LogP contribution is -2.37. The third-order valence-electron chi connectivity index (χ3n) is 3.63. The van der Waals surface area contributed by atoms with Crippen LogP contribution in [0.4, 0.5) is 0 Å². The molecule has 0 spiro atoms. The predicted octanol–water partition coefficient (Wildman–Crippen LogP) is 3.09. The van der Waals surface area contributed by atoms with Gasteiger partial charge in [0, 0.05) is 30.1 Å². The summed E-state index contributed by atoms with van der Waals surface area (Å²) in [6.45, 7) is 3.88. The molecule has 2 heterocycles. The number of fused-ring (bicyclic) bond motifs is 1. The first-order valence-electron chi connectivity index (χ1n) is 6.63. The van der Waals surface area contributed by atoms with Crippen LogP contribution in [0, 0.1) is 0 Å². The Morgan fingerprint density at radius 1 is 1.33 bits per heavy atom. The molecular weight excluding hydrogens is 226 g/mol. The average molecular weight is 245 g/mol. The van der Waals surface area contributed by atoms with Crippen molar-refractivity contribution in [3.63, 3.8) is 0 Å². The summed E-state index contributed by atoms with van der Waals surface area (Å²) in [6.07, 6.45) is 4.42. The van der Waals surface area contributed by atoms with Gasteiger partial charge < -0.3 is 14.5 Å². The second kappa shape index (κ2) is 5.12. The Morgan fingerprint density at radius 2 is 2.22 bits per heavy atom. The van der Waals surface area contributed by atoms with E-state index in [-0.39, 0.29) is 0 Å². The Morgan fingerprint density at radius 3 is 3.11 bits per heavy atom. The van der Waals surface area contributed by atoms with Crippen LogP contribution in [-0.2, 0) is 11.3 Å². The molecule has 2 unspecified atom stereocenters. The van der Waals surface area contributed by atoms with E-state index in [9.17, 15) is 0 Å². The molecule has 0 aliphatic carbocycles. The fourth-order valence-electron chi connectivity index (χ4n) is 2.61. The van der Waals surface area contributed by atoms with E-state index in [0.29, 0.717) is 12.1 Å². The molecule has 3 nitrogen and oxygen atoms in total. The van der Waals surface area contributed by atoms with Crippen LogP contribution in [0.25, 0.3) is 11.0 Å². The van der Waals surface area contributed by atoms with E-state index < -0.39 is 0 Å². The van der Waals surface area contributed by atoms with E-state index in [4.69, 9.17) is 9.15 Å². The summed E-state index contributed by atoms with van der Waals surface area (Å²) in [6, 6.07) is 8.74. The van der Waals surface area contributed by atoms with Crippen LogP contribution in [0.2, 0.25) is 0 Å². The molecule has 3 heteroatoms. The molecule has 96 valence electrons. The fraction of sp³-hybridized carbons (Fsp3) is 0.467. The van der Waals surface area contributed by atoms with Gasteiger partial charge in [0.2, 0.25) is 0 Å². The van der Waals surface area contributed by atoms with Gasteiger partial charge in [0.05, 0.1) is 12.4 Å². The normalized spacial score (nSPS) is 24.5. The highest BCUT2D eigenvalue weighted by atomic mass is 16.5. The zero-order valence-electron chi connectivity index (χ0n) is 10.7. The van der Waals surface area contributed by atoms with Crippen molar-refractivity contribution < 1.29 is 9.15 Å². The zero-order chi connectivity index (χ0) is 12.4. The number of nitrogens with one attached hydrogen (secondary N) is 1. The molecule has 1 N–H and O–H groups in total. The van der Waals surface area contributed by atoms with Crippen molar-refractivity contribution >= 4 is 11.0 Å². The highest BCUT2D eigenvalue weighted by Crippen LogP contribution is 2.21. The van der Waals surface area contributed by atoms with Crippen LogP contribution in [0.5, 0.6) is 0 Å². The Labute approximate surface area is 107 Å². The molecule has 0 radical (unpaired) electrons. The van der Waals surface area contributed by atoms with Crippen molar-refractivity contribution in [3.05, 3.63) is 36.1 Å². The SMILES string of the molecule is CC1CC(NCc2coc3ccccc23)CCO1. The van der Waals surface area contributed by atoms with Crippen LogP contribution >= 0.6 is 0 Å². The molecular formula is C15H19NO2. The molecule has 1 aliphatic rings. The first kappa shape index (κ1) is 11.8. The Bertz CT molecular complexity index is 520. The lowest BCUT2D eigenvalue weighted by molar-refractivity contribution is 0.0130. The molecule has 1 fully saturated rings. The van der Waals surface area contributed by atoms with E-state index in [1.807, 2.05) is 18.4 Å². The molecule has 1 saturated heterocycles. The summed E-state index contributed by atoms with van der Waals surface area (Å²) in [5, 5.41) is 4.82. The van der Waals surface area contributed by atoms with Crippen molar-refractivity contribution in [1.29, 1.82) is 0 Å². The third-order valence-corrected chi connectivity index (χ3v) is 3.63. The van der Waals surface area contributed by atoms with Crippen LogP contribution < -0.4 is 5.32 Å². The minimum atomic E-state index is 0.373. The predicted molar refractivity (Wildman–Crippen MR) is 71.5 cm³/mol. The summed E-state index contributed by atoms with van der Waals surface area (Å²) < 4.78 is 11.1. The molecule has 1 aliphatic heterocycles. The van der Waals surface area contributed by atoms with Crippen LogP contribution in [0.15, 0.2) is 34.9 Å². The van der Waals surface area contributed by atoms with Crippen molar-refractivity contribution in [2.45, 2.75) is 38.5 Å². The van der Waals surface area contributed by atoms with Gasteiger partial charge in [0.1, 0.15) is 5.58 Å². The van der Waals surface area contributed by atoms with Gasteiger partial charge in [0.25, 0.3) is 0 Å². The maximum Gasteiger partial charge on any atom is 0.134 e. The van der Waals surface area contributed by atoms with Gasteiger partial charge in [-0.3, -0.25) is 0 Å². The molecule has 0 saturated carbocycles. The van der Waals surface area contributed by atoms with E-state index in [1.165, 1.54) is 10.9 Å². The van der Waals surface area contributed by atoms with Crippen molar-refractivity contribution in [3.8, 4) is 0 Å². The lowest BCUT2D eigenvalue weighted by atomic mass is 10.0. The highest BCUT2D eigenvalue weighted by Gasteiger charge is 2.19. The van der Waals surface area contributed by atoms with E-state index in [0.717, 1.165) is 31.6 Å². The van der Waals surface area contributed by atoms with Gasteiger partial charge in [-0.15, -0.1) is 0 Å². The number of ether oxygens (including phenoxy) is 1. The van der Waals surface area contributed by atoms with Gasteiger partial charge in [-0.05, 0) is 25.8 Å². The van der Waals surface area contributed by atoms with Crippen LogP contribution in [0.3, 0.4) is 0 Å². The Kier molecular flexibility index (Phi) is 3.35. The van der Waals surface area contributed by atoms with Gasteiger partial charge >= 0.3 is 0 Å². The van der Waals surface area contributed by atoms with Crippen LogP contribution in [-0.4, -0.2) is 18.8 Å². The molecule has 2 atom stereocenters. The summed E-state index contributed by atoms with van der Waals surface area (Å²) in [7, 11) is 0. The Hall–Kier alpha value is -1.32. The number of hydrogen-bond donors (Lipinski definition) is 1. The smallest absolute Gasteiger partial charge is 0.134 e. The van der Waals surface area contributed by atoms with Gasteiger partial charge in [-0.2, -0.15) is 0 Å². The monoisotopic (exact) mass is 245 g/mol. The number of rotatable bonds is 3. The third kappa shape index (κ3) is 2.42. The standard InChI is InChI=1S/C15H19NO2/c1-11-8-13(6-7-17-11)16-9-12-10-18-15-5-3-2-4-14(12)15/h2-5,10-11,13,16H,6-9H2,1H3. The molecule has 18 heavy (non-hydrogen) atoms. The van der Waals surface area contributed by atoms with E-state index in [2.05, 4.69) is 24.4 Å². The molecule has 0 amide bonds. The minimum absolute atomic E-state index is 0.373. The summed E-state index contributed by atoms with van der Waals surface area (Å²) >= 11 is 0.